The highest BCUT2D eigenvalue weighted by molar-refractivity contribution is 7.89. The van der Waals surface area contributed by atoms with Crippen LogP contribution in [-0.4, -0.2) is 34.0 Å². The third kappa shape index (κ3) is 3.80. The average molecular weight is 364 g/mol. The molecule has 2 aromatic rings. The number of nitrogens with zero attached hydrogens (tertiary/aromatic N) is 1. The number of nitrogens with one attached hydrogen (secondary N) is 1. The van der Waals surface area contributed by atoms with Gasteiger partial charge in [-0.25, -0.2) is 17.5 Å². The number of anilines is 1. The first-order valence-electron chi connectivity index (χ1n) is 7.61. The molecular formula is C17H17FN2O4S. The molecular weight excluding hydrogens is 347 g/mol. The van der Waals surface area contributed by atoms with E-state index < -0.39 is 21.9 Å². The van der Waals surface area contributed by atoms with E-state index in [1.807, 2.05) is 0 Å². The molecule has 1 aliphatic heterocycles. The predicted octanol–water partition coefficient (Wildman–Crippen LogP) is 1.92. The molecule has 1 amide bonds. The van der Waals surface area contributed by atoms with E-state index >= 15 is 0 Å². The predicted molar refractivity (Wildman–Crippen MR) is 90.5 cm³/mol. The summed E-state index contributed by atoms with van der Waals surface area (Å²) >= 11 is 0. The van der Waals surface area contributed by atoms with Crippen LogP contribution in [0.2, 0.25) is 0 Å². The van der Waals surface area contributed by atoms with Crippen LogP contribution in [0.25, 0.3) is 0 Å². The Balaban J connectivity index is 1.74. The quantitative estimate of drug-likeness (QED) is 0.880. The van der Waals surface area contributed by atoms with Crippen LogP contribution in [0, 0.1) is 5.82 Å². The third-order valence-electron chi connectivity index (χ3n) is 3.94. The number of hydrogen-bond donors (Lipinski definition) is 1. The van der Waals surface area contributed by atoms with Gasteiger partial charge in [0, 0.05) is 24.7 Å². The summed E-state index contributed by atoms with van der Waals surface area (Å²) in [5.74, 6) is -0.159. The zero-order valence-electron chi connectivity index (χ0n) is 13.5. The molecule has 1 N–H and O–H groups in total. The van der Waals surface area contributed by atoms with Crippen molar-refractivity contribution in [2.24, 2.45) is 0 Å². The molecule has 25 heavy (non-hydrogen) atoms. The van der Waals surface area contributed by atoms with Gasteiger partial charge >= 0.3 is 0 Å². The van der Waals surface area contributed by atoms with E-state index in [0.717, 1.165) is 0 Å². The number of hydrogen-bond acceptors (Lipinski definition) is 4. The molecule has 0 radical (unpaired) electrons. The van der Waals surface area contributed by atoms with Gasteiger partial charge in [-0.2, -0.15) is 0 Å². The summed E-state index contributed by atoms with van der Waals surface area (Å²) in [5, 5.41) is 0. The van der Waals surface area contributed by atoms with Crippen molar-refractivity contribution in [2.45, 2.75) is 17.4 Å². The summed E-state index contributed by atoms with van der Waals surface area (Å²) in [6.45, 7) is 0.150. The number of carbonyl (C=O) groups excluding carboxylic acids is 1. The van der Waals surface area contributed by atoms with Crippen molar-refractivity contribution in [3.05, 3.63) is 54.3 Å². The second-order valence-corrected chi connectivity index (χ2v) is 7.40. The molecule has 2 aromatic carbocycles. The molecule has 1 atom stereocenters. The van der Waals surface area contributed by atoms with Gasteiger partial charge in [-0.1, -0.05) is 6.07 Å². The van der Waals surface area contributed by atoms with Crippen molar-refractivity contribution >= 4 is 21.6 Å². The molecule has 0 bridgehead atoms. The summed E-state index contributed by atoms with van der Waals surface area (Å²) < 4.78 is 45.8. The molecule has 0 saturated carbocycles. The lowest BCUT2D eigenvalue weighted by Crippen LogP contribution is -2.37. The van der Waals surface area contributed by atoms with Gasteiger partial charge < -0.3 is 9.64 Å². The van der Waals surface area contributed by atoms with Gasteiger partial charge in [-0.15, -0.1) is 0 Å². The largest absolute Gasteiger partial charge is 0.497 e. The molecule has 1 fully saturated rings. The zero-order valence-corrected chi connectivity index (χ0v) is 14.3. The topological polar surface area (TPSA) is 75.7 Å². The third-order valence-corrected chi connectivity index (χ3v) is 5.47. The van der Waals surface area contributed by atoms with Crippen LogP contribution in [0.4, 0.5) is 10.1 Å². The standard InChI is InChI=1S/C17H17FN2O4S/c1-24-15-5-7-16(8-6-15)25(22,23)19-13-10-17(21)20(11-13)14-4-2-3-12(18)9-14/h2-9,13,19H,10-11H2,1H3. The summed E-state index contributed by atoms with van der Waals surface area (Å²) in [6, 6.07) is 11.0. The molecule has 8 heteroatoms. The second kappa shape index (κ2) is 6.81. The van der Waals surface area contributed by atoms with Gasteiger partial charge in [0.15, 0.2) is 0 Å². The van der Waals surface area contributed by atoms with Gasteiger partial charge in [0.05, 0.1) is 12.0 Å². The minimum atomic E-state index is -3.76. The normalized spacial score (nSPS) is 17.8. The van der Waals surface area contributed by atoms with Crippen LogP contribution >= 0.6 is 0 Å². The molecule has 1 heterocycles. The van der Waals surface area contributed by atoms with Crippen molar-refractivity contribution < 1.29 is 22.3 Å². The molecule has 0 aliphatic carbocycles. The minimum Gasteiger partial charge on any atom is -0.497 e. The van der Waals surface area contributed by atoms with Crippen LogP contribution < -0.4 is 14.4 Å². The van der Waals surface area contributed by atoms with Gasteiger partial charge in [-0.3, -0.25) is 4.79 Å². The van der Waals surface area contributed by atoms with E-state index in [9.17, 15) is 17.6 Å². The fourth-order valence-corrected chi connectivity index (χ4v) is 3.95. The first kappa shape index (κ1) is 17.4. The Morgan fingerprint density at radius 1 is 1.20 bits per heavy atom. The number of rotatable bonds is 5. The van der Waals surface area contributed by atoms with Crippen molar-refractivity contribution in [3.63, 3.8) is 0 Å². The average Bonchev–Trinajstić information content (AvgIpc) is 2.94. The van der Waals surface area contributed by atoms with Crippen LogP contribution in [-0.2, 0) is 14.8 Å². The molecule has 3 rings (SSSR count). The van der Waals surface area contributed by atoms with Crippen molar-refractivity contribution in [1.29, 1.82) is 0 Å². The van der Waals surface area contributed by atoms with Gasteiger partial charge in [0.25, 0.3) is 0 Å². The molecule has 1 aliphatic rings. The van der Waals surface area contributed by atoms with Crippen LogP contribution in [0.5, 0.6) is 5.75 Å². The molecule has 0 aromatic heterocycles. The van der Waals surface area contributed by atoms with Gasteiger partial charge in [0.1, 0.15) is 11.6 Å². The lowest BCUT2D eigenvalue weighted by atomic mass is 10.3. The number of ether oxygens (including phenoxy) is 1. The van der Waals surface area contributed by atoms with E-state index in [2.05, 4.69) is 4.72 Å². The number of carbonyl (C=O) groups is 1. The number of methoxy groups -OCH3 is 1. The monoisotopic (exact) mass is 364 g/mol. The van der Waals surface area contributed by atoms with E-state index in [1.54, 1.807) is 18.2 Å². The molecule has 132 valence electrons. The maximum absolute atomic E-state index is 13.3. The second-order valence-electron chi connectivity index (χ2n) is 5.68. The van der Waals surface area contributed by atoms with Crippen molar-refractivity contribution in [1.82, 2.24) is 4.72 Å². The van der Waals surface area contributed by atoms with Gasteiger partial charge in [0.2, 0.25) is 15.9 Å². The maximum Gasteiger partial charge on any atom is 0.240 e. The minimum absolute atomic E-state index is 0.0197. The zero-order chi connectivity index (χ0) is 18.0. The molecule has 6 nitrogen and oxygen atoms in total. The first-order valence-corrected chi connectivity index (χ1v) is 9.10. The van der Waals surface area contributed by atoms with Crippen LogP contribution in [0.3, 0.4) is 0 Å². The highest BCUT2D eigenvalue weighted by atomic mass is 32.2. The van der Waals surface area contributed by atoms with Gasteiger partial charge in [-0.05, 0) is 42.5 Å². The smallest absolute Gasteiger partial charge is 0.240 e. The van der Waals surface area contributed by atoms with Crippen LogP contribution in [0.15, 0.2) is 53.4 Å². The van der Waals surface area contributed by atoms with E-state index in [1.165, 1.54) is 42.3 Å². The summed E-state index contributed by atoms with van der Waals surface area (Å²) in [4.78, 5) is 13.6. The van der Waals surface area contributed by atoms with E-state index in [-0.39, 0.29) is 23.8 Å². The summed E-state index contributed by atoms with van der Waals surface area (Å²) in [6.07, 6.45) is 0.0197. The van der Waals surface area contributed by atoms with Crippen LogP contribution in [0.1, 0.15) is 6.42 Å². The SMILES string of the molecule is COc1ccc(S(=O)(=O)NC2CC(=O)N(c3cccc(F)c3)C2)cc1. The van der Waals surface area contributed by atoms with E-state index in [4.69, 9.17) is 4.74 Å². The maximum atomic E-state index is 13.3. The highest BCUT2D eigenvalue weighted by Crippen LogP contribution is 2.23. The number of benzene rings is 2. The Hall–Kier alpha value is -2.45. The number of halogens is 1. The Labute approximate surface area is 145 Å². The first-order chi connectivity index (χ1) is 11.9. The molecule has 1 saturated heterocycles. The van der Waals surface area contributed by atoms with Crippen molar-refractivity contribution in [3.8, 4) is 5.75 Å². The fraction of sp³-hybridized carbons (Fsp3) is 0.235. The fourth-order valence-electron chi connectivity index (χ4n) is 2.72. The summed E-state index contributed by atoms with van der Waals surface area (Å²) in [5.41, 5.74) is 0.413. The lowest BCUT2D eigenvalue weighted by molar-refractivity contribution is -0.117. The molecule has 0 spiro atoms. The summed E-state index contributed by atoms with van der Waals surface area (Å²) in [7, 11) is -2.27. The van der Waals surface area contributed by atoms with E-state index in [0.29, 0.717) is 11.4 Å². The number of sulfonamides is 1. The number of amides is 1. The van der Waals surface area contributed by atoms with Crippen molar-refractivity contribution in [2.75, 3.05) is 18.6 Å². The molecule has 1 unspecified atom stereocenters. The Bertz CT molecular complexity index is 884. The Kier molecular flexibility index (Phi) is 4.73. The Morgan fingerprint density at radius 2 is 1.92 bits per heavy atom. The lowest BCUT2D eigenvalue weighted by Gasteiger charge is -2.17. The highest BCUT2D eigenvalue weighted by Gasteiger charge is 2.33. The Morgan fingerprint density at radius 3 is 2.56 bits per heavy atom.